The molecule has 0 fully saturated rings. The van der Waals surface area contributed by atoms with E-state index in [-0.39, 0.29) is 0 Å². The van der Waals surface area contributed by atoms with Crippen LogP contribution in [0.25, 0.3) is 16.8 Å². The first-order valence-electron chi connectivity index (χ1n) is 21.0. The summed E-state index contributed by atoms with van der Waals surface area (Å²) in [6.45, 7) is 13.8. The first-order chi connectivity index (χ1) is 23.1. The number of hydrogen-bond donors (Lipinski definition) is 0. The lowest BCUT2D eigenvalue weighted by atomic mass is 9.84. The van der Waals surface area contributed by atoms with Crippen LogP contribution < -0.4 is 0 Å². The summed E-state index contributed by atoms with van der Waals surface area (Å²) in [6.07, 6.45) is 40.1. The van der Waals surface area contributed by atoms with Gasteiger partial charge in [-0.2, -0.15) is 0 Å². The fourth-order valence-corrected chi connectivity index (χ4v) is 8.40. The van der Waals surface area contributed by atoms with Crippen molar-refractivity contribution >= 4 is 16.8 Å². The number of aryl methyl sites for hydroxylation is 1. The van der Waals surface area contributed by atoms with Gasteiger partial charge in [0.15, 0.2) is 0 Å². The maximum Gasteiger partial charge on any atom is 0.00636 e. The van der Waals surface area contributed by atoms with Crippen molar-refractivity contribution in [3.63, 3.8) is 0 Å². The Morgan fingerprint density at radius 3 is 1.94 bits per heavy atom. The van der Waals surface area contributed by atoms with E-state index >= 15 is 0 Å². The molecule has 0 heteroatoms. The fraction of sp³-hybridized carbons (Fsp3) is 0.702. The van der Waals surface area contributed by atoms with Crippen LogP contribution in [0.15, 0.2) is 48.1 Å². The van der Waals surface area contributed by atoms with Gasteiger partial charge in [-0.05, 0) is 85.3 Å². The van der Waals surface area contributed by atoms with Crippen LogP contribution in [0.5, 0.6) is 0 Å². The van der Waals surface area contributed by atoms with Gasteiger partial charge in [-0.1, -0.05) is 203 Å². The molecule has 2 atom stereocenters. The molecule has 0 radical (unpaired) electrons. The third kappa shape index (κ3) is 14.7. The van der Waals surface area contributed by atoms with Gasteiger partial charge in [0.1, 0.15) is 0 Å². The topological polar surface area (TPSA) is 0 Å². The largest absolute Gasteiger partial charge is 0.0999 e. The third-order valence-corrected chi connectivity index (χ3v) is 11.4. The molecule has 0 saturated carbocycles. The number of rotatable bonds is 29. The molecular formula is C47H76. The summed E-state index contributed by atoms with van der Waals surface area (Å²) in [4.78, 5) is 0. The van der Waals surface area contributed by atoms with Gasteiger partial charge in [-0.25, -0.2) is 0 Å². The molecule has 0 bridgehead atoms. The smallest absolute Gasteiger partial charge is 0.00636 e. The zero-order valence-corrected chi connectivity index (χ0v) is 31.9. The Kier molecular flexibility index (Phi) is 20.5. The fourth-order valence-electron chi connectivity index (χ4n) is 8.40. The summed E-state index contributed by atoms with van der Waals surface area (Å²) in [7, 11) is 0. The molecule has 0 amide bonds. The molecule has 1 aliphatic rings. The summed E-state index contributed by atoms with van der Waals surface area (Å²) >= 11 is 0. The van der Waals surface area contributed by atoms with Gasteiger partial charge in [-0.15, -0.1) is 0 Å². The Labute approximate surface area is 293 Å². The molecule has 0 aliphatic heterocycles. The highest BCUT2D eigenvalue weighted by molar-refractivity contribution is 5.93. The normalized spacial score (nSPS) is 14.9. The molecule has 0 N–H and O–H groups in total. The van der Waals surface area contributed by atoms with Crippen molar-refractivity contribution in [3.8, 4) is 0 Å². The Morgan fingerprint density at radius 2 is 1.21 bits per heavy atom. The van der Waals surface area contributed by atoms with Crippen LogP contribution >= 0.6 is 0 Å². The van der Waals surface area contributed by atoms with Crippen molar-refractivity contribution in [3.05, 3.63) is 64.7 Å². The van der Waals surface area contributed by atoms with Gasteiger partial charge in [-0.3, -0.25) is 0 Å². The van der Waals surface area contributed by atoms with E-state index in [1.807, 2.05) is 0 Å². The number of benzene rings is 2. The van der Waals surface area contributed by atoms with Gasteiger partial charge in [0, 0.05) is 5.92 Å². The van der Waals surface area contributed by atoms with Gasteiger partial charge in [0.25, 0.3) is 0 Å². The average molecular weight is 641 g/mol. The molecule has 0 nitrogen and oxygen atoms in total. The average Bonchev–Trinajstić information content (AvgIpc) is 3.45. The van der Waals surface area contributed by atoms with E-state index < -0.39 is 0 Å². The highest BCUT2D eigenvalue weighted by atomic mass is 14.3. The first kappa shape index (κ1) is 39.6. The lowest BCUT2D eigenvalue weighted by molar-refractivity contribution is 0.376. The molecule has 2 aromatic carbocycles. The second-order valence-corrected chi connectivity index (χ2v) is 15.5. The maximum absolute atomic E-state index is 4.51. The van der Waals surface area contributed by atoms with Crippen molar-refractivity contribution in [1.82, 2.24) is 0 Å². The van der Waals surface area contributed by atoms with E-state index in [4.69, 9.17) is 0 Å². The number of allylic oxidation sites excluding steroid dienone is 2. The predicted octanol–water partition coefficient (Wildman–Crippen LogP) is 16.4. The molecule has 2 unspecified atom stereocenters. The number of unbranched alkanes of at least 4 members (excludes halogenated alkanes) is 15. The molecule has 0 spiro atoms. The lowest BCUT2D eigenvalue weighted by Gasteiger charge is -2.20. The van der Waals surface area contributed by atoms with Gasteiger partial charge in [0.2, 0.25) is 0 Å². The van der Waals surface area contributed by atoms with Crippen LogP contribution in [0.1, 0.15) is 217 Å². The standard InChI is InChI=1S/C47H76/c1-6-9-12-13-14-15-16-17-20-23-31-41(30-10-7-2)32-27-29-39(4)28-22-19-18-21-24-35-45-43(33-11-8-3)38-46-40(5)37-42-34-25-26-36-44(42)47(45)46/h25-26,34,36-38,41,45H,4,6-24,27-33,35H2,1-3,5H3. The quantitative estimate of drug-likeness (QED) is 0.0613. The molecule has 0 aromatic heterocycles. The Hall–Kier alpha value is -1.82. The summed E-state index contributed by atoms with van der Waals surface area (Å²) < 4.78 is 0. The third-order valence-electron chi connectivity index (χ3n) is 11.4. The van der Waals surface area contributed by atoms with Crippen LogP contribution in [-0.4, -0.2) is 0 Å². The van der Waals surface area contributed by atoms with Crippen LogP contribution in [0, 0.1) is 12.8 Å². The summed E-state index contributed by atoms with van der Waals surface area (Å²) in [6, 6.07) is 11.5. The van der Waals surface area contributed by atoms with Gasteiger partial charge >= 0.3 is 0 Å². The van der Waals surface area contributed by atoms with Crippen LogP contribution in [0.2, 0.25) is 0 Å². The molecule has 0 saturated heterocycles. The van der Waals surface area contributed by atoms with E-state index in [1.54, 1.807) is 11.1 Å². The van der Waals surface area contributed by atoms with E-state index in [0.717, 1.165) is 5.92 Å². The molecule has 0 heterocycles. The Balaban J connectivity index is 1.28. The van der Waals surface area contributed by atoms with E-state index in [0.29, 0.717) is 5.92 Å². The van der Waals surface area contributed by atoms with Crippen LogP contribution in [0.4, 0.5) is 0 Å². The van der Waals surface area contributed by atoms with Crippen molar-refractivity contribution in [2.45, 2.75) is 207 Å². The van der Waals surface area contributed by atoms with Crippen molar-refractivity contribution in [1.29, 1.82) is 0 Å². The zero-order valence-electron chi connectivity index (χ0n) is 31.9. The van der Waals surface area contributed by atoms with E-state index in [2.05, 4.69) is 70.7 Å². The Bertz CT molecular complexity index is 1150. The molecule has 264 valence electrons. The molecule has 3 rings (SSSR count). The summed E-state index contributed by atoms with van der Waals surface area (Å²) in [5.41, 5.74) is 7.87. The van der Waals surface area contributed by atoms with Crippen molar-refractivity contribution < 1.29 is 0 Å². The minimum absolute atomic E-state index is 0.632. The van der Waals surface area contributed by atoms with E-state index in [1.165, 1.54) is 201 Å². The highest BCUT2D eigenvalue weighted by Gasteiger charge is 2.27. The van der Waals surface area contributed by atoms with Crippen molar-refractivity contribution in [2.24, 2.45) is 5.92 Å². The monoisotopic (exact) mass is 641 g/mol. The molecular weight excluding hydrogens is 565 g/mol. The molecule has 1 aliphatic carbocycles. The molecule has 47 heavy (non-hydrogen) atoms. The minimum Gasteiger partial charge on any atom is -0.0999 e. The second kappa shape index (κ2) is 24.3. The summed E-state index contributed by atoms with van der Waals surface area (Å²) in [5, 5.41) is 2.92. The van der Waals surface area contributed by atoms with Crippen LogP contribution in [-0.2, 0) is 0 Å². The lowest BCUT2D eigenvalue weighted by Crippen LogP contribution is -2.02. The van der Waals surface area contributed by atoms with Gasteiger partial charge < -0.3 is 0 Å². The second-order valence-electron chi connectivity index (χ2n) is 15.5. The number of hydrogen-bond acceptors (Lipinski definition) is 0. The first-order valence-corrected chi connectivity index (χ1v) is 21.0. The molecule has 2 aromatic rings. The summed E-state index contributed by atoms with van der Waals surface area (Å²) in [5.74, 6) is 1.59. The number of fused-ring (bicyclic) bond motifs is 3. The Morgan fingerprint density at radius 1 is 0.638 bits per heavy atom. The predicted molar refractivity (Wildman–Crippen MR) is 214 cm³/mol. The van der Waals surface area contributed by atoms with Crippen molar-refractivity contribution in [2.75, 3.05) is 0 Å². The van der Waals surface area contributed by atoms with Crippen LogP contribution in [0.3, 0.4) is 0 Å². The minimum atomic E-state index is 0.632. The highest BCUT2D eigenvalue weighted by Crippen LogP contribution is 2.46. The SMILES string of the molecule is C=C(CCCCCCCC1C(CCCC)=Cc2c(C)cc3ccccc3c21)CCCC(CCCC)CCCCCCCCCCCC. The zero-order chi connectivity index (χ0) is 33.5. The van der Waals surface area contributed by atoms with E-state index in [9.17, 15) is 0 Å². The van der Waals surface area contributed by atoms with Gasteiger partial charge in [0.05, 0.1) is 0 Å². The maximum atomic E-state index is 4.51.